The second-order valence-corrected chi connectivity index (χ2v) is 8.64. The van der Waals surface area contributed by atoms with E-state index in [1.54, 1.807) is 0 Å². The van der Waals surface area contributed by atoms with Crippen LogP contribution in [0.4, 0.5) is 5.69 Å². The van der Waals surface area contributed by atoms with Gasteiger partial charge in [-0.15, -0.1) is 0 Å². The lowest BCUT2D eigenvalue weighted by atomic mass is 10.1. The smallest absolute Gasteiger partial charge is 0.205 e. The number of pyridine rings is 1. The molecule has 2 aromatic heterocycles. The average Bonchev–Trinajstić information content (AvgIpc) is 3.23. The van der Waals surface area contributed by atoms with E-state index in [9.17, 15) is 10.2 Å². The lowest BCUT2D eigenvalue weighted by Gasteiger charge is -2.22. The Morgan fingerprint density at radius 3 is 2.53 bits per heavy atom. The zero-order valence-electron chi connectivity index (χ0n) is 18.7. The second-order valence-electron chi connectivity index (χ2n) is 7.54. The molecule has 0 saturated heterocycles. The van der Waals surface area contributed by atoms with Crippen molar-refractivity contribution in [2.45, 2.75) is 18.7 Å². The Balaban J connectivity index is 1.54. The molecule has 0 bridgehead atoms. The predicted octanol–water partition coefficient (Wildman–Crippen LogP) is 2.99. The second kappa shape index (κ2) is 13.1. The number of benzene rings is 1. The molecule has 3 rings (SSSR count). The first kappa shape index (κ1) is 24.0. The van der Waals surface area contributed by atoms with Gasteiger partial charge in [0.05, 0.1) is 19.0 Å². The van der Waals surface area contributed by atoms with Gasteiger partial charge in [-0.3, -0.25) is 0 Å². The molecule has 0 radical (unpaired) electrons. The average molecular weight is 454 g/mol. The highest BCUT2D eigenvalue weighted by atomic mass is 32.2. The maximum atomic E-state index is 9.22. The monoisotopic (exact) mass is 453 g/mol. The number of thioether (sulfide) groups is 1. The highest BCUT2D eigenvalue weighted by Crippen LogP contribution is 2.16. The minimum atomic E-state index is 0.0666. The van der Waals surface area contributed by atoms with Gasteiger partial charge in [-0.1, -0.05) is 12.1 Å². The molecule has 0 unspecified atom stereocenters. The van der Waals surface area contributed by atoms with Crippen LogP contribution in [0.3, 0.4) is 0 Å². The van der Waals surface area contributed by atoms with E-state index in [0.29, 0.717) is 13.1 Å². The Hall–Kier alpha value is -2.61. The molecular weight excluding hydrogens is 420 g/mol. The van der Waals surface area contributed by atoms with Crippen LogP contribution in [0, 0.1) is 0 Å². The summed E-state index contributed by atoms with van der Waals surface area (Å²) in [5.41, 5.74) is 3.29. The van der Waals surface area contributed by atoms with Gasteiger partial charge in [0.1, 0.15) is 12.4 Å². The minimum absolute atomic E-state index is 0.0666. The molecule has 2 heterocycles. The Kier molecular flexibility index (Phi) is 9.81. The summed E-state index contributed by atoms with van der Waals surface area (Å²) in [6.07, 6.45) is 11.3. The first-order valence-corrected chi connectivity index (χ1v) is 12.1. The van der Waals surface area contributed by atoms with Crippen LogP contribution in [0.1, 0.15) is 23.5 Å². The van der Waals surface area contributed by atoms with Crippen molar-refractivity contribution < 1.29 is 14.8 Å². The highest BCUT2D eigenvalue weighted by Gasteiger charge is 2.08. The summed E-state index contributed by atoms with van der Waals surface area (Å²) in [7, 11) is 2.04. The van der Waals surface area contributed by atoms with Crippen LogP contribution in [0.25, 0.3) is 12.2 Å². The Morgan fingerprint density at radius 1 is 1.06 bits per heavy atom. The van der Waals surface area contributed by atoms with E-state index >= 15 is 0 Å². The molecule has 32 heavy (non-hydrogen) atoms. The Bertz CT molecular complexity index is 966. The molecule has 0 aliphatic heterocycles. The van der Waals surface area contributed by atoms with E-state index in [4.69, 9.17) is 0 Å². The molecule has 7 heteroatoms. The minimum Gasteiger partial charge on any atom is -0.395 e. The van der Waals surface area contributed by atoms with Crippen LogP contribution in [-0.2, 0) is 19.3 Å². The van der Waals surface area contributed by atoms with Crippen LogP contribution in [-0.4, -0.2) is 51.8 Å². The summed E-state index contributed by atoms with van der Waals surface area (Å²) < 4.78 is 4.36. The number of nitrogens with zero attached hydrogens (tertiary/aromatic N) is 4. The van der Waals surface area contributed by atoms with Gasteiger partial charge in [-0.2, -0.15) is 16.3 Å². The van der Waals surface area contributed by atoms with Crippen LogP contribution in [0.2, 0.25) is 0 Å². The van der Waals surface area contributed by atoms with Gasteiger partial charge in [0, 0.05) is 62.8 Å². The molecule has 0 fully saturated rings. The van der Waals surface area contributed by atoms with Crippen molar-refractivity contribution in [3.63, 3.8) is 0 Å². The molecule has 0 atom stereocenters. The summed E-state index contributed by atoms with van der Waals surface area (Å²) in [5, 5.41) is 18.4. The largest absolute Gasteiger partial charge is 0.395 e. The van der Waals surface area contributed by atoms with Gasteiger partial charge >= 0.3 is 0 Å². The number of aliphatic hydroxyl groups excluding tert-OH is 2. The number of hydrogen-bond acceptors (Lipinski definition) is 5. The van der Waals surface area contributed by atoms with Gasteiger partial charge in [-0.05, 0) is 35.6 Å². The zero-order chi connectivity index (χ0) is 22.6. The van der Waals surface area contributed by atoms with E-state index in [1.165, 1.54) is 5.69 Å². The van der Waals surface area contributed by atoms with E-state index in [1.807, 2.05) is 48.2 Å². The van der Waals surface area contributed by atoms with Crippen molar-refractivity contribution in [2.75, 3.05) is 37.0 Å². The van der Waals surface area contributed by atoms with Gasteiger partial charge in [0.2, 0.25) is 5.69 Å². The van der Waals surface area contributed by atoms with E-state index in [2.05, 4.69) is 62.8 Å². The van der Waals surface area contributed by atoms with Gasteiger partial charge < -0.3 is 19.7 Å². The molecule has 0 aliphatic rings. The van der Waals surface area contributed by atoms with E-state index in [0.717, 1.165) is 41.5 Å². The summed E-state index contributed by atoms with van der Waals surface area (Å²) in [5.74, 6) is 3.16. The topological polar surface area (TPSA) is 65.4 Å². The van der Waals surface area contributed by atoms with Crippen molar-refractivity contribution in [3.8, 4) is 0 Å². The van der Waals surface area contributed by atoms with Crippen LogP contribution >= 0.6 is 11.8 Å². The lowest BCUT2D eigenvalue weighted by Crippen LogP contribution is -2.36. The van der Waals surface area contributed by atoms with Crippen molar-refractivity contribution in [2.24, 2.45) is 7.05 Å². The molecule has 170 valence electrons. The molecular formula is C25H33N4O2S+. The first-order chi connectivity index (χ1) is 15.7. The predicted molar refractivity (Wildman–Crippen MR) is 132 cm³/mol. The molecule has 6 nitrogen and oxygen atoms in total. The van der Waals surface area contributed by atoms with Crippen LogP contribution < -0.4 is 9.47 Å². The number of aromatic nitrogens is 3. The van der Waals surface area contributed by atoms with E-state index < -0.39 is 0 Å². The van der Waals surface area contributed by atoms with Crippen LogP contribution in [0.5, 0.6) is 0 Å². The number of anilines is 1. The van der Waals surface area contributed by atoms with Crippen LogP contribution in [0.15, 0.2) is 61.1 Å². The van der Waals surface area contributed by atoms with Crippen molar-refractivity contribution in [1.82, 2.24) is 9.55 Å². The van der Waals surface area contributed by atoms with Crippen molar-refractivity contribution in [3.05, 3.63) is 78.1 Å². The first-order valence-electron chi connectivity index (χ1n) is 11.0. The summed E-state index contributed by atoms with van der Waals surface area (Å²) in [4.78, 5) is 6.35. The molecule has 0 aliphatic carbocycles. The van der Waals surface area contributed by atoms with Gasteiger partial charge in [0.25, 0.3) is 0 Å². The number of aliphatic hydroxyl groups is 2. The fourth-order valence-corrected chi connectivity index (χ4v) is 4.41. The highest BCUT2D eigenvalue weighted by molar-refractivity contribution is 7.98. The fraction of sp³-hybridized carbons (Fsp3) is 0.360. The molecule has 0 amide bonds. The Labute approximate surface area is 194 Å². The number of imidazole rings is 1. The molecule has 1 aromatic carbocycles. The number of rotatable bonds is 13. The van der Waals surface area contributed by atoms with E-state index in [-0.39, 0.29) is 13.2 Å². The number of hydrogen-bond donors (Lipinski definition) is 2. The molecule has 3 aromatic rings. The number of aryl methyl sites for hydroxylation is 2. The molecule has 2 N–H and O–H groups in total. The third kappa shape index (κ3) is 7.22. The lowest BCUT2D eigenvalue weighted by molar-refractivity contribution is -0.698. The Morgan fingerprint density at radius 2 is 1.84 bits per heavy atom. The zero-order valence-corrected chi connectivity index (χ0v) is 19.5. The molecule has 0 saturated carbocycles. The third-order valence-corrected chi connectivity index (χ3v) is 6.30. The van der Waals surface area contributed by atoms with Crippen molar-refractivity contribution >= 4 is 29.6 Å². The SMILES string of the molecule is Cn1ccnc1CSCCC[n+]1ccccc1C=Cc1ccc(N(CCO)CCO)cc1. The normalized spacial score (nSPS) is 11.3. The quantitative estimate of drug-likeness (QED) is 0.308. The van der Waals surface area contributed by atoms with Gasteiger partial charge in [0.15, 0.2) is 6.20 Å². The maximum Gasteiger partial charge on any atom is 0.205 e. The maximum absolute atomic E-state index is 9.22. The summed E-state index contributed by atoms with van der Waals surface area (Å²) in [6, 6.07) is 14.5. The fourth-order valence-electron chi connectivity index (χ4n) is 3.47. The standard InChI is InChI=1S/C25H33N4O2S/c1-27-15-12-26-25(27)21-32-20-4-14-28-13-3-2-5-23(28)9-6-22-7-10-24(11-8-22)29(16-18-30)17-19-31/h2-3,5-13,15,30-31H,4,14,16-21H2,1H3/q+1. The van der Waals surface area contributed by atoms with Crippen molar-refractivity contribution in [1.29, 1.82) is 0 Å². The molecule has 0 spiro atoms. The summed E-state index contributed by atoms with van der Waals surface area (Å²) in [6.45, 7) is 2.14. The summed E-state index contributed by atoms with van der Waals surface area (Å²) >= 11 is 1.92. The third-order valence-electron chi connectivity index (χ3n) is 5.26. The van der Waals surface area contributed by atoms with Gasteiger partial charge in [-0.25, -0.2) is 4.98 Å².